The van der Waals surface area contributed by atoms with Crippen LogP contribution >= 0.6 is 0 Å². The van der Waals surface area contributed by atoms with Crippen LogP contribution < -0.4 is 10.2 Å². The van der Waals surface area contributed by atoms with E-state index in [1.165, 1.54) is 4.90 Å². The molecule has 0 aliphatic carbocycles. The number of para-hydroxylation sites is 2. The fourth-order valence-corrected chi connectivity index (χ4v) is 2.08. The van der Waals surface area contributed by atoms with Gasteiger partial charge in [0.15, 0.2) is 5.69 Å². The molecule has 0 unspecified atom stereocenters. The Morgan fingerprint density at radius 1 is 1.32 bits per heavy atom. The summed E-state index contributed by atoms with van der Waals surface area (Å²) in [5.41, 5.74) is 1.66. The molecule has 1 aliphatic rings. The second kappa shape index (κ2) is 4.24. The fraction of sp³-hybridized carbons (Fsp3) is 0.154. The summed E-state index contributed by atoms with van der Waals surface area (Å²) in [7, 11) is 1.74. The summed E-state index contributed by atoms with van der Waals surface area (Å²) in [5.74, 6) is -0.481. The monoisotopic (exact) mass is 256 g/mol. The molecule has 0 saturated heterocycles. The van der Waals surface area contributed by atoms with Crippen molar-refractivity contribution in [2.24, 2.45) is 7.05 Å². The van der Waals surface area contributed by atoms with Gasteiger partial charge in [0.2, 0.25) is 5.91 Å². The largest absolute Gasteiger partial charge is 0.323 e. The average Bonchev–Trinajstić information content (AvgIpc) is 2.83. The van der Waals surface area contributed by atoms with Crippen LogP contribution in [0.15, 0.2) is 36.5 Å². The number of hydrogen-bond donors (Lipinski definition) is 1. The number of aryl methyl sites for hydroxylation is 1. The first-order valence-electron chi connectivity index (χ1n) is 5.85. The highest BCUT2D eigenvalue weighted by atomic mass is 16.2. The number of hydrogen-bond acceptors (Lipinski definition) is 3. The number of rotatable bonds is 1. The number of amides is 2. The first-order valence-corrected chi connectivity index (χ1v) is 5.85. The maximum Gasteiger partial charge on any atom is 0.279 e. The molecule has 6 heteroatoms. The summed E-state index contributed by atoms with van der Waals surface area (Å²) in [5, 5.41) is 6.82. The molecule has 0 radical (unpaired) electrons. The van der Waals surface area contributed by atoms with Crippen LogP contribution in [0, 0.1) is 0 Å². The Hall–Kier alpha value is -2.63. The molecule has 0 saturated carbocycles. The number of nitrogens with zero attached hydrogens (tertiary/aromatic N) is 3. The Labute approximate surface area is 109 Å². The van der Waals surface area contributed by atoms with Gasteiger partial charge in [0, 0.05) is 13.2 Å². The SMILES string of the molecule is Cn1ccc(C(=O)N2CC(=O)Nc3ccccc32)n1. The summed E-state index contributed by atoms with van der Waals surface area (Å²) in [4.78, 5) is 25.5. The van der Waals surface area contributed by atoms with Gasteiger partial charge in [0.05, 0.1) is 11.4 Å². The molecule has 2 amide bonds. The number of anilines is 2. The van der Waals surface area contributed by atoms with E-state index in [1.807, 2.05) is 12.1 Å². The van der Waals surface area contributed by atoms with E-state index in [2.05, 4.69) is 10.4 Å². The highest BCUT2D eigenvalue weighted by Crippen LogP contribution is 2.29. The molecule has 0 spiro atoms. The van der Waals surface area contributed by atoms with Crippen molar-refractivity contribution in [2.75, 3.05) is 16.8 Å². The quantitative estimate of drug-likeness (QED) is 0.828. The molecular formula is C13H12N4O2. The fourth-order valence-electron chi connectivity index (χ4n) is 2.08. The first-order chi connectivity index (χ1) is 9.15. The molecule has 1 aromatic carbocycles. The molecule has 2 heterocycles. The maximum atomic E-state index is 12.4. The van der Waals surface area contributed by atoms with Crippen LogP contribution in [0.3, 0.4) is 0 Å². The summed E-state index contributed by atoms with van der Waals surface area (Å²) >= 11 is 0. The van der Waals surface area contributed by atoms with Crippen molar-refractivity contribution in [2.45, 2.75) is 0 Å². The molecular weight excluding hydrogens is 244 g/mol. The zero-order chi connectivity index (χ0) is 13.4. The van der Waals surface area contributed by atoms with Crippen molar-refractivity contribution in [1.29, 1.82) is 0 Å². The Kier molecular flexibility index (Phi) is 2.56. The van der Waals surface area contributed by atoms with Gasteiger partial charge in [-0.1, -0.05) is 12.1 Å². The minimum Gasteiger partial charge on any atom is -0.323 e. The van der Waals surface area contributed by atoms with Gasteiger partial charge in [-0.2, -0.15) is 5.10 Å². The predicted octanol–water partition coefficient (Wildman–Crippen LogP) is 1.02. The van der Waals surface area contributed by atoms with Crippen LogP contribution in [0.4, 0.5) is 11.4 Å². The number of carbonyl (C=O) groups excluding carboxylic acids is 2. The Bertz CT molecular complexity index is 662. The van der Waals surface area contributed by atoms with Crippen molar-refractivity contribution in [3.8, 4) is 0 Å². The molecule has 1 aliphatic heterocycles. The third kappa shape index (κ3) is 1.97. The van der Waals surface area contributed by atoms with Gasteiger partial charge in [-0.25, -0.2) is 0 Å². The second-order valence-electron chi connectivity index (χ2n) is 4.33. The molecule has 2 aromatic rings. The van der Waals surface area contributed by atoms with E-state index >= 15 is 0 Å². The van der Waals surface area contributed by atoms with E-state index in [0.717, 1.165) is 0 Å². The van der Waals surface area contributed by atoms with Crippen LogP contribution in [0.5, 0.6) is 0 Å². The van der Waals surface area contributed by atoms with Gasteiger partial charge in [0.25, 0.3) is 5.91 Å². The van der Waals surface area contributed by atoms with E-state index in [0.29, 0.717) is 17.1 Å². The van der Waals surface area contributed by atoms with Crippen LogP contribution in [0.1, 0.15) is 10.5 Å². The topological polar surface area (TPSA) is 67.2 Å². The van der Waals surface area contributed by atoms with Gasteiger partial charge >= 0.3 is 0 Å². The second-order valence-corrected chi connectivity index (χ2v) is 4.33. The number of aromatic nitrogens is 2. The van der Waals surface area contributed by atoms with Gasteiger partial charge in [-0.15, -0.1) is 0 Å². The molecule has 3 rings (SSSR count). The normalized spacial score (nSPS) is 13.9. The standard InChI is InChI=1S/C13H12N4O2/c1-16-7-6-10(15-16)13(19)17-8-12(18)14-9-4-2-3-5-11(9)17/h2-7H,8H2,1H3,(H,14,18). The van der Waals surface area contributed by atoms with E-state index in [4.69, 9.17) is 0 Å². The number of benzene rings is 1. The van der Waals surface area contributed by atoms with E-state index in [-0.39, 0.29) is 18.4 Å². The Morgan fingerprint density at radius 3 is 2.84 bits per heavy atom. The lowest BCUT2D eigenvalue weighted by atomic mass is 10.2. The van der Waals surface area contributed by atoms with E-state index < -0.39 is 0 Å². The highest BCUT2D eigenvalue weighted by Gasteiger charge is 2.28. The Balaban J connectivity index is 2.01. The predicted molar refractivity (Wildman–Crippen MR) is 70.0 cm³/mol. The average molecular weight is 256 g/mol. The lowest BCUT2D eigenvalue weighted by molar-refractivity contribution is -0.115. The zero-order valence-electron chi connectivity index (χ0n) is 10.3. The summed E-state index contributed by atoms with van der Waals surface area (Å²) < 4.78 is 1.56. The smallest absolute Gasteiger partial charge is 0.279 e. The molecule has 1 N–H and O–H groups in total. The van der Waals surface area contributed by atoms with Crippen molar-refractivity contribution >= 4 is 23.2 Å². The first kappa shape index (κ1) is 11.5. The van der Waals surface area contributed by atoms with Crippen molar-refractivity contribution in [3.05, 3.63) is 42.2 Å². The maximum absolute atomic E-state index is 12.4. The summed E-state index contributed by atoms with van der Waals surface area (Å²) in [6.07, 6.45) is 1.70. The zero-order valence-corrected chi connectivity index (χ0v) is 10.3. The molecule has 0 bridgehead atoms. The third-order valence-corrected chi connectivity index (χ3v) is 2.95. The van der Waals surface area contributed by atoms with Crippen molar-refractivity contribution in [3.63, 3.8) is 0 Å². The lowest BCUT2D eigenvalue weighted by Crippen LogP contribution is -2.42. The molecule has 6 nitrogen and oxygen atoms in total. The van der Waals surface area contributed by atoms with E-state index in [1.54, 1.807) is 36.1 Å². The number of fused-ring (bicyclic) bond motifs is 1. The lowest BCUT2D eigenvalue weighted by Gasteiger charge is -2.28. The Morgan fingerprint density at radius 2 is 2.11 bits per heavy atom. The van der Waals surface area contributed by atoms with Gasteiger partial charge < -0.3 is 5.32 Å². The molecule has 0 atom stereocenters. The summed E-state index contributed by atoms with van der Waals surface area (Å²) in [6, 6.07) is 8.85. The van der Waals surface area contributed by atoms with Gasteiger partial charge in [0.1, 0.15) is 6.54 Å². The molecule has 19 heavy (non-hydrogen) atoms. The van der Waals surface area contributed by atoms with Crippen LogP contribution in [-0.4, -0.2) is 28.1 Å². The minimum absolute atomic E-state index is 0.00637. The van der Waals surface area contributed by atoms with Crippen LogP contribution in [0.2, 0.25) is 0 Å². The molecule has 0 fully saturated rings. The summed E-state index contributed by atoms with van der Waals surface area (Å²) in [6.45, 7) is 0.00637. The minimum atomic E-state index is -0.275. The van der Waals surface area contributed by atoms with Gasteiger partial charge in [-0.05, 0) is 18.2 Å². The van der Waals surface area contributed by atoms with Crippen molar-refractivity contribution < 1.29 is 9.59 Å². The molecule has 96 valence electrons. The number of carbonyl (C=O) groups is 2. The molecule has 1 aromatic heterocycles. The third-order valence-electron chi connectivity index (χ3n) is 2.95. The van der Waals surface area contributed by atoms with Crippen LogP contribution in [0.25, 0.3) is 0 Å². The van der Waals surface area contributed by atoms with Crippen molar-refractivity contribution in [1.82, 2.24) is 9.78 Å². The van der Waals surface area contributed by atoms with Gasteiger partial charge in [-0.3, -0.25) is 19.2 Å². The van der Waals surface area contributed by atoms with E-state index in [9.17, 15) is 9.59 Å². The van der Waals surface area contributed by atoms with Crippen LogP contribution in [-0.2, 0) is 11.8 Å². The highest BCUT2D eigenvalue weighted by molar-refractivity contribution is 6.14. The number of nitrogens with one attached hydrogen (secondary N) is 1.